The molecule has 0 aromatic heterocycles. The smallest absolute Gasteiger partial charge is 0.337 e. The summed E-state index contributed by atoms with van der Waals surface area (Å²) in [6, 6.07) is 4.84. The second-order valence-corrected chi connectivity index (χ2v) is 4.64. The van der Waals surface area contributed by atoms with Crippen LogP contribution in [-0.4, -0.2) is 17.7 Å². The number of rotatable bonds is 9. The summed E-state index contributed by atoms with van der Waals surface area (Å²) in [5.74, 6) is -0.559. The molecule has 1 aromatic rings. The fourth-order valence-electron chi connectivity index (χ4n) is 1.92. The topological polar surface area (TPSA) is 72.5 Å². The lowest BCUT2D eigenvalue weighted by Crippen LogP contribution is -2.06. The molecule has 0 spiro atoms. The van der Waals surface area contributed by atoms with Crippen molar-refractivity contribution in [2.45, 2.75) is 45.4 Å². The maximum atomic E-state index is 10.9. The lowest BCUT2D eigenvalue weighted by Gasteiger charge is -2.10. The predicted octanol–water partition coefficient (Wildman–Crippen LogP) is 3.71. The zero-order valence-corrected chi connectivity index (χ0v) is 11.5. The first-order chi connectivity index (χ1) is 9.16. The van der Waals surface area contributed by atoms with Gasteiger partial charge in [0.15, 0.2) is 0 Å². The Labute approximate surface area is 114 Å². The van der Waals surface area contributed by atoms with Gasteiger partial charge in [0.05, 0.1) is 17.9 Å². The molecule has 0 radical (unpaired) electrons. The van der Waals surface area contributed by atoms with Gasteiger partial charge in [-0.1, -0.05) is 45.1 Å². The summed E-state index contributed by atoms with van der Waals surface area (Å²) < 4.78 is 5.55. The molecule has 0 bridgehead atoms. The van der Waals surface area contributed by atoms with Gasteiger partial charge in [0.2, 0.25) is 0 Å². The van der Waals surface area contributed by atoms with Crippen LogP contribution in [0.3, 0.4) is 0 Å². The first-order valence-electron chi connectivity index (χ1n) is 6.91. The number of ether oxygens (including phenoxy) is 1. The highest BCUT2D eigenvalue weighted by atomic mass is 16.5. The Kier molecular flexibility index (Phi) is 6.79. The Morgan fingerprint density at radius 3 is 2.58 bits per heavy atom. The SMILES string of the molecule is CCCCCCCCOc1cccc(C(=O)O)c1N. The van der Waals surface area contributed by atoms with Gasteiger partial charge < -0.3 is 15.6 Å². The van der Waals surface area contributed by atoms with Crippen LogP contribution < -0.4 is 10.5 Å². The minimum absolute atomic E-state index is 0.0976. The van der Waals surface area contributed by atoms with Crippen molar-refractivity contribution in [2.24, 2.45) is 0 Å². The Morgan fingerprint density at radius 1 is 1.21 bits per heavy atom. The van der Waals surface area contributed by atoms with Crippen molar-refractivity contribution < 1.29 is 14.6 Å². The quantitative estimate of drug-likeness (QED) is 0.527. The molecule has 0 atom stereocenters. The summed E-state index contributed by atoms with van der Waals surface area (Å²) in [5.41, 5.74) is 6.07. The van der Waals surface area contributed by atoms with Gasteiger partial charge >= 0.3 is 5.97 Å². The highest BCUT2D eigenvalue weighted by molar-refractivity contribution is 5.95. The van der Waals surface area contributed by atoms with Crippen LogP contribution in [0.1, 0.15) is 55.8 Å². The zero-order valence-electron chi connectivity index (χ0n) is 11.5. The van der Waals surface area contributed by atoms with E-state index >= 15 is 0 Å². The normalized spacial score (nSPS) is 10.4. The molecule has 0 fully saturated rings. The van der Waals surface area contributed by atoms with Gasteiger partial charge in [-0.3, -0.25) is 0 Å². The van der Waals surface area contributed by atoms with E-state index in [0.717, 1.165) is 12.8 Å². The maximum Gasteiger partial charge on any atom is 0.337 e. The van der Waals surface area contributed by atoms with Crippen molar-refractivity contribution in [1.29, 1.82) is 0 Å². The number of nitrogens with two attached hydrogens (primary N) is 1. The zero-order chi connectivity index (χ0) is 14.1. The van der Waals surface area contributed by atoms with E-state index in [1.165, 1.54) is 31.7 Å². The van der Waals surface area contributed by atoms with Crippen molar-refractivity contribution in [3.63, 3.8) is 0 Å². The van der Waals surface area contributed by atoms with E-state index in [1.54, 1.807) is 12.1 Å². The number of carbonyl (C=O) groups is 1. The number of carboxylic acids is 1. The molecular weight excluding hydrogens is 242 g/mol. The Morgan fingerprint density at radius 2 is 1.89 bits per heavy atom. The minimum Gasteiger partial charge on any atom is -0.491 e. The van der Waals surface area contributed by atoms with Gasteiger partial charge in [-0.25, -0.2) is 4.79 Å². The second kappa shape index (κ2) is 8.40. The number of hydrogen-bond donors (Lipinski definition) is 2. The molecule has 4 heteroatoms. The van der Waals surface area contributed by atoms with Crippen molar-refractivity contribution >= 4 is 11.7 Å². The number of hydrogen-bond acceptors (Lipinski definition) is 3. The van der Waals surface area contributed by atoms with Crippen molar-refractivity contribution in [1.82, 2.24) is 0 Å². The largest absolute Gasteiger partial charge is 0.491 e. The van der Waals surface area contributed by atoms with Crippen LogP contribution in [0.4, 0.5) is 5.69 Å². The Bertz CT molecular complexity index is 404. The predicted molar refractivity (Wildman–Crippen MR) is 76.7 cm³/mol. The molecule has 1 aromatic carbocycles. The number of anilines is 1. The number of carboxylic acid groups (broad SMARTS) is 1. The summed E-state index contributed by atoms with van der Waals surface area (Å²) >= 11 is 0. The van der Waals surface area contributed by atoms with Gasteiger partial charge in [-0.2, -0.15) is 0 Å². The van der Waals surface area contributed by atoms with Gasteiger partial charge in [0.25, 0.3) is 0 Å². The molecule has 0 aliphatic heterocycles. The van der Waals surface area contributed by atoms with E-state index in [1.807, 2.05) is 0 Å². The minimum atomic E-state index is -1.03. The van der Waals surface area contributed by atoms with Gasteiger partial charge in [-0.15, -0.1) is 0 Å². The van der Waals surface area contributed by atoms with Crippen LogP contribution in [0, 0.1) is 0 Å². The van der Waals surface area contributed by atoms with Crippen LogP contribution in [0.5, 0.6) is 5.75 Å². The number of para-hydroxylation sites is 1. The molecule has 0 saturated heterocycles. The Hall–Kier alpha value is -1.71. The first-order valence-corrected chi connectivity index (χ1v) is 6.91. The molecule has 0 saturated carbocycles. The third-order valence-corrected chi connectivity index (χ3v) is 3.05. The van der Waals surface area contributed by atoms with E-state index < -0.39 is 5.97 Å². The van der Waals surface area contributed by atoms with Crippen LogP contribution in [0.15, 0.2) is 18.2 Å². The molecule has 0 unspecified atom stereocenters. The number of aromatic carboxylic acids is 1. The first kappa shape index (κ1) is 15.3. The summed E-state index contributed by atoms with van der Waals surface area (Å²) in [7, 11) is 0. The summed E-state index contributed by atoms with van der Waals surface area (Å²) in [6.45, 7) is 2.78. The third kappa shape index (κ3) is 5.20. The molecule has 4 nitrogen and oxygen atoms in total. The number of nitrogen functional groups attached to an aromatic ring is 1. The van der Waals surface area contributed by atoms with Crippen molar-refractivity contribution in [3.8, 4) is 5.75 Å². The van der Waals surface area contributed by atoms with Crippen LogP contribution in [-0.2, 0) is 0 Å². The van der Waals surface area contributed by atoms with E-state index in [-0.39, 0.29) is 11.3 Å². The Balaban J connectivity index is 2.33. The fourth-order valence-corrected chi connectivity index (χ4v) is 1.92. The lowest BCUT2D eigenvalue weighted by atomic mass is 10.1. The fraction of sp³-hybridized carbons (Fsp3) is 0.533. The highest BCUT2D eigenvalue weighted by Gasteiger charge is 2.11. The van der Waals surface area contributed by atoms with E-state index in [4.69, 9.17) is 15.6 Å². The van der Waals surface area contributed by atoms with Crippen molar-refractivity contribution in [2.75, 3.05) is 12.3 Å². The molecule has 0 aliphatic rings. The number of benzene rings is 1. The molecule has 106 valence electrons. The van der Waals surface area contributed by atoms with Crippen molar-refractivity contribution in [3.05, 3.63) is 23.8 Å². The summed E-state index contributed by atoms with van der Waals surface area (Å²) in [6.07, 6.45) is 7.14. The maximum absolute atomic E-state index is 10.9. The molecule has 0 heterocycles. The van der Waals surface area contributed by atoms with Gasteiger partial charge in [0.1, 0.15) is 5.75 Å². The van der Waals surface area contributed by atoms with Crippen LogP contribution >= 0.6 is 0 Å². The summed E-state index contributed by atoms with van der Waals surface area (Å²) in [4.78, 5) is 10.9. The standard InChI is InChI=1S/C15H23NO3/c1-2-3-4-5-6-7-11-19-13-10-8-9-12(14(13)16)15(17)18/h8-10H,2-7,11,16H2,1H3,(H,17,18). The van der Waals surface area contributed by atoms with E-state index in [2.05, 4.69) is 6.92 Å². The second-order valence-electron chi connectivity index (χ2n) is 4.64. The van der Waals surface area contributed by atoms with Gasteiger partial charge in [0, 0.05) is 0 Å². The molecule has 0 aliphatic carbocycles. The molecule has 0 amide bonds. The third-order valence-electron chi connectivity index (χ3n) is 3.05. The van der Waals surface area contributed by atoms with Gasteiger partial charge in [-0.05, 0) is 18.6 Å². The average molecular weight is 265 g/mol. The molecular formula is C15H23NO3. The lowest BCUT2D eigenvalue weighted by molar-refractivity contribution is 0.0697. The summed E-state index contributed by atoms with van der Waals surface area (Å²) in [5, 5.41) is 8.95. The van der Waals surface area contributed by atoms with Crippen LogP contribution in [0.2, 0.25) is 0 Å². The highest BCUT2D eigenvalue weighted by Crippen LogP contribution is 2.25. The molecule has 1 rings (SSSR count). The number of unbranched alkanes of at least 4 members (excludes halogenated alkanes) is 5. The average Bonchev–Trinajstić information content (AvgIpc) is 2.39. The molecule has 3 N–H and O–H groups in total. The van der Waals surface area contributed by atoms with E-state index in [9.17, 15) is 4.79 Å². The molecule has 19 heavy (non-hydrogen) atoms. The monoisotopic (exact) mass is 265 g/mol. The van der Waals surface area contributed by atoms with E-state index in [0.29, 0.717) is 12.4 Å². The van der Waals surface area contributed by atoms with Crippen LogP contribution in [0.25, 0.3) is 0 Å².